The molecule has 1 unspecified atom stereocenters. The van der Waals surface area contributed by atoms with Crippen molar-refractivity contribution in [3.63, 3.8) is 0 Å². The van der Waals surface area contributed by atoms with Crippen LogP contribution >= 0.6 is 11.6 Å². The number of carbonyl (C=O) groups excluding carboxylic acids is 2. The van der Waals surface area contributed by atoms with Crippen LogP contribution in [0.15, 0.2) is 78.8 Å². The van der Waals surface area contributed by atoms with Gasteiger partial charge >= 0.3 is 0 Å². The van der Waals surface area contributed by atoms with Crippen molar-refractivity contribution in [2.24, 2.45) is 5.73 Å². The van der Waals surface area contributed by atoms with E-state index in [2.05, 4.69) is 46.3 Å². The number of carbonyl (C=O) groups is 2. The molecule has 45 heavy (non-hydrogen) atoms. The van der Waals surface area contributed by atoms with Crippen LogP contribution in [0.1, 0.15) is 64.8 Å². The average molecular weight is 627 g/mol. The van der Waals surface area contributed by atoms with Crippen LogP contribution in [0.5, 0.6) is 5.75 Å². The van der Waals surface area contributed by atoms with Gasteiger partial charge in [0.2, 0.25) is 5.91 Å². The minimum absolute atomic E-state index is 0.0386. The summed E-state index contributed by atoms with van der Waals surface area (Å²) in [5.74, 6) is 0.568. The number of unbranched alkanes of at least 4 members (excludes halogenated alkanes) is 1. The molecule has 3 aromatic carbocycles. The Hall–Kier alpha value is -4.68. The summed E-state index contributed by atoms with van der Waals surface area (Å²) in [6.45, 7) is 5.06. The van der Waals surface area contributed by atoms with Crippen molar-refractivity contribution >= 4 is 23.4 Å². The Kier molecular flexibility index (Phi) is 10.2. The molecular weight excluding hydrogens is 588 g/mol. The van der Waals surface area contributed by atoms with Gasteiger partial charge in [0.25, 0.3) is 5.91 Å². The van der Waals surface area contributed by atoms with Gasteiger partial charge in [0.1, 0.15) is 17.6 Å². The number of rotatable bonds is 12. The third-order valence-corrected chi connectivity index (χ3v) is 8.60. The Morgan fingerprint density at radius 3 is 2.56 bits per heavy atom. The fourth-order valence-electron chi connectivity index (χ4n) is 5.89. The van der Waals surface area contributed by atoms with Crippen LogP contribution in [-0.2, 0) is 17.8 Å². The first-order valence-electron chi connectivity index (χ1n) is 15.3. The van der Waals surface area contributed by atoms with Crippen LogP contribution < -0.4 is 15.8 Å². The zero-order valence-electron chi connectivity index (χ0n) is 25.7. The lowest BCUT2D eigenvalue weighted by molar-refractivity contribution is -0.119. The lowest BCUT2D eigenvalue weighted by Gasteiger charge is -2.38. The number of halogens is 1. The number of amides is 2. The van der Waals surface area contributed by atoms with Crippen molar-refractivity contribution in [2.45, 2.75) is 51.2 Å². The average Bonchev–Trinajstić information content (AvgIpc) is 3.46. The summed E-state index contributed by atoms with van der Waals surface area (Å²) in [4.78, 5) is 32.8. The minimum Gasteiger partial charge on any atom is -0.492 e. The maximum absolute atomic E-state index is 13.6. The maximum atomic E-state index is 13.6. The molecule has 2 aliphatic heterocycles. The van der Waals surface area contributed by atoms with Crippen LogP contribution in [0.3, 0.4) is 0 Å². The fourth-order valence-corrected chi connectivity index (χ4v) is 6.01. The third kappa shape index (κ3) is 7.52. The molecule has 2 atom stereocenters. The molecule has 0 aromatic heterocycles. The lowest BCUT2D eigenvalue weighted by atomic mass is 9.95. The highest BCUT2D eigenvalue weighted by atomic mass is 35.5. The smallest absolute Gasteiger partial charge is 0.255 e. The number of nitrogens with zero attached hydrogens (tertiary/aromatic N) is 4. The second-order valence-electron chi connectivity index (χ2n) is 11.5. The number of hydrogen-bond donors (Lipinski definition) is 2. The summed E-state index contributed by atoms with van der Waals surface area (Å²) in [7, 11) is 2.09. The van der Waals surface area contributed by atoms with Gasteiger partial charge in [0.15, 0.2) is 0 Å². The van der Waals surface area contributed by atoms with Crippen molar-refractivity contribution in [3.05, 3.63) is 112 Å². The number of nitrogens with two attached hydrogens (primary N) is 1. The van der Waals surface area contributed by atoms with E-state index in [9.17, 15) is 14.9 Å². The van der Waals surface area contributed by atoms with Crippen LogP contribution in [-0.4, -0.2) is 59.4 Å². The summed E-state index contributed by atoms with van der Waals surface area (Å²) in [6, 6.07) is 21.6. The summed E-state index contributed by atoms with van der Waals surface area (Å²) < 4.78 is 6.12. The van der Waals surface area contributed by atoms with E-state index < -0.39 is 17.9 Å². The molecule has 2 amide bonds. The van der Waals surface area contributed by atoms with E-state index in [-0.39, 0.29) is 12.5 Å². The highest BCUT2D eigenvalue weighted by Gasteiger charge is 2.34. The van der Waals surface area contributed by atoms with Gasteiger partial charge < -0.3 is 30.5 Å². The van der Waals surface area contributed by atoms with Crippen LogP contribution in [0.2, 0.25) is 5.02 Å². The highest BCUT2D eigenvalue weighted by Crippen LogP contribution is 2.40. The first-order chi connectivity index (χ1) is 21.8. The number of benzene rings is 3. The molecule has 0 saturated carbocycles. The molecule has 0 aliphatic carbocycles. The maximum Gasteiger partial charge on any atom is 0.255 e. The molecule has 10 heteroatoms. The second-order valence-corrected chi connectivity index (χ2v) is 12.0. The van der Waals surface area contributed by atoms with Gasteiger partial charge in [-0.05, 0) is 47.9 Å². The Balaban J connectivity index is 1.37. The number of ether oxygens (including phenoxy) is 1. The molecule has 3 N–H and O–H groups in total. The molecule has 0 spiro atoms. The van der Waals surface area contributed by atoms with Gasteiger partial charge in [0.05, 0.1) is 36.5 Å². The second kappa shape index (κ2) is 14.4. The zero-order valence-corrected chi connectivity index (χ0v) is 26.5. The molecule has 0 bridgehead atoms. The molecule has 9 nitrogen and oxygen atoms in total. The third-order valence-electron chi connectivity index (χ3n) is 8.35. The zero-order chi connectivity index (χ0) is 31.9. The molecule has 0 fully saturated rings. The number of nitrogens with one attached hydrogen (secondary N) is 1. The largest absolute Gasteiger partial charge is 0.492 e. The van der Waals surface area contributed by atoms with Crippen molar-refractivity contribution in [2.75, 3.05) is 26.9 Å². The topological polar surface area (TPSA) is 115 Å². The van der Waals surface area contributed by atoms with Gasteiger partial charge in [-0.25, -0.2) is 0 Å². The Labute approximate surface area is 269 Å². The van der Waals surface area contributed by atoms with Crippen LogP contribution in [0.4, 0.5) is 0 Å². The van der Waals surface area contributed by atoms with Crippen molar-refractivity contribution < 1.29 is 14.3 Å². The van der Waals surface area contributed by atoms with Crippen LogP contribution in [0.25, 0.3) is 0 Å². The summed E-state index contributed by atoms with van der Waals surface area (Å²) >= 11 is 6.00. The summed E-state index contributed by atoms with van der Waals surface area (Å²) in [5, 5.41) is 12.6. The number of hydrogen-bond acceptors (Lipinski definition) is 7. The number of nitriles is 1. The fraction of sp³-hybridized carbons (Fsp3) is 0.343. The van der Waals surface area contributed by atoms with E-state index in [0.717, 1.165) is 55.0 Å². The molecular formula is C35H39ClN6O3. The molecule has 2 aliphatic rings. The summed E-state index contributed by atoms with van der Waals surface area (Å²) in [5.41, 5.74) is 9.57. The molecule has 0 saturated heterocycles. The normalized spacial score (nSPS) is 16.2. The molecule has 3 aromatic rings. The monoisotopic (exact) mass is 626 g/mol. The highest BCUT2D eigenvalue weighted by molar-refractivity contribution is 6.30. The molecule has 0 radical (unpaired) electrons. The Bertz CT molecular complexity index is 1580. The van der Waals surface area contributed by atoms with Crippen molar-refractivity contribution in [3.8, 4) is 11.8 Å². The molecule has 234 valence electrons. The number of para-hydroxylation sites is 1. The van der Waals surface area contributed by atoms with E-state index in [4.69, 9.17) is 22.1 Å². The van der Waals surface area contributed by atoms with E-state index >= 15 is 0 Å². The molecule has 5 rings (SSSR count). The minimum atomic E-state index is -0.898. The summed E-state index contributed by atoms with van der Waals surface area (Å²) in [6.07, 6.45) is 5.42. The van der Waals surface area contributed by atoms with Gasteiger partial charge in [-0.15, -0.1) is 0 Å². The van der Waals surface area contributed by atoms with Gasteiger partial charge in [-0.3, -0.25) is 9.59 Å². The Morgan fingerprint density at radius 2 is 1.87 bits per heavy atom. The van der Waals surface area contributed by atoms with E-state index in [1.807, 2.05) is 48.5 Å². The SMILES string of the molecule is CCCCN1C=C(N(C)C2CCOc3c(C(=O)N[C@@H](Cc4ccc(Cl)cc4)C(N)=O)cccc32)N(Cc2ccc(C#N)cc2)C1. The quantitative estimate of drug-likeness (QED) is 0.285. The van der Waals surface area contributed by atoms with E-state index in [1.165, 1.54) is 0 Å². The number of fused-ring (bicyclic) bond motifs is 1. The van der Waals surface area contributed by atoms with Crippen molar-refractivity contribution in [1.82, 2.24) is 20.0 Å². The van der Waals surface area contributed by atoms with Gasteiger partial charge in [-0.2, -0.15) is 5.26 Å². The first-order valence-corrected chi connectivity index (χ1v) is 15.7. The standard InChI is InChI=1S/C35H39ClN6O3/c1-3-4-17-41-22-32(42(23-41)21-26-10-8-25(20-37)9-11-26)40(2)31-16-18-45-33-28(31)6-5-7-29(33)35(44)39-30(34(38)43)19-24-12-14-27(36)15-13-24/h5-15,22,30-31H,3-4,16-19,21,23H2,1-2H3,(H2,38,43)(H,39,44)/t30-,31?/m0/s1. The van der Waals surface area contributed by atoms with Crippen LogP contribution in [0, 0.1) is 11.3 Å². The van der Waals surface area contributed by atoms with Gasteiger partial charge in [0, 0.05) is 49.8 Å². The predicted octanol–water partition coefficient (Wildman–Crippen LogP) is 5.17. The first kappa shape index (κ1) is 31.7. The molecule has 2 heterocycles. The van der Waals surface area contributed by atoms with Gasteiger partial charge in [-0.1, -0.05) is 61.3 Å². The van der Waals surface area contributed by atoms with E-state index in [0.29, 0.717) is 35.1 Å². The predicted molar refractivity (Wildman–Crippen MR) is 174 cm³/mol. The van der Waals surface area contributed by atoms with E-state index in [1.54, 1.807) is 18.2 Å². The van der Waals surface area contributed by atoms with Crippen molar-refractivity contribution in [1.29, 1.82) is 5.26 Å². The lowest BCUT2D eigenvalue weighted by Crippen LogP contribution is -2.46. The number of primary amides is 1. The Morgan fingerprint density at radius 1 is 1.13 bits per heavy atom.